The van der Waals surface area contributed by atoms with Crippen LogP contribution in [0, 0.1) is 0 Å². The SMILES string of the molecule is COc1cc(C(=O)N[C@@H]2CCN(C3CC3)C2)cc(Cl)c1OCC(N)=O. The van der Waals surface area contributed by atoms with Crippen LogP contribution in [-0.4, -0.2) is 55.6 Å². The van der Waals surface area contributed by atoms with Crippen molar-refractivity contribution in [3.05, 3.63) is 22.7 Å². The van der Waals surface area contributed by atoms with E-state index in [9.17, 15) is 9.59 Å². The standard InChI is InChI=1S/C17H22ClN3O4/c1-24-14-7-10(6-13(18)16(14)25-9-15(19)22)17(23)20-11-4-5-21(8-11)12-2-3-12/h6-7,11-12H,2-5,8-9H2,1H3,(H2,19,22)(H,20,23)/t11-/m1/s1. The Labute approximate surface area is 151 Å². The van der Waals surface area contributed by atoms with Crippen molar-refractivity contribution < 1.29 is 19.1 Å². The molecule has 1 aromatic carbocycles. The number of primary amides is 1. The van der Waals surface area contributed by atoms with Gasteiger partial charge in [-0.1, -0.05) is 11.6 Å². The third kappa shape index (κ3) is 4.35. The molecule has 25 heavy (non-hydrogen) atoms. The summed E-state index contributed by atoms with van der Waals surface area (Å²) in [5.41, 5.74) is 5.46. The third-order valence-corrected chi connectivity index (χ3v) is 4.75. The summed E-state index contributed by atoms with van der Waals surface area (Å²) in [4.78, 5) is 25.8. The number of carbonyl (C=O) groups excluding carboxylic acids is 2. The lowest BCUT2D eigenvalue weighted by Crippen LogP contribution is -2.37. The van der Waals surface area contributed by atoms with Crippen LogP contribution >= 0.6 is 11.6 Å². The van der Waals surface area contributed by atoms with Gasteiger partial charge in [-0.25, -0.2) is 0 Å². The lowest BCUT2D eigenvalue weighted by atomic mass is 10.1. The van der Waals surface area contributed by atoms with Gasteiger partial charge in [0.05, 0.1) is 12.1 Å². The Morgan fingerprint density at radius 1 is 1.36 bits per heavy atom. The molecule has 2 fully saturated rings. The molecule has 1 heterocycles. The second kappa shape index (κ2) is 7.49. The van der Waals surface area contributed by atoms with Crippen LogP contribution in [0.1, 0.15) is 29.6 Å². The summed E-state index contributed by atoms with van der Waals surface area (Å²) >= 11 is 6.19. The molecule has 1 aliphatic heterocycles. The van der Waals surface area contributed by atoms with Crippen molar-refractivity contribution in [1.82, 2.24) is 10.2 Å². The Morgan fingerprint density at radius 2 is 2.12 bits per heavy atom. The van der Waals surface area contributed by atoms with E-state index in [1.54, 1.807) is 6.07 Å². The van der Waals surface area contributed by atoms with Crippen LogP contribution in [0.5, 0.6) is 11.5 Å². The predicted molar refractivity (Wildman–Crippen MR) is 93.2 cm³/mol. The number of hydrogen-bond acceptors (Lipinski definition) is 5. The lowest BCUT2D eigenvalue weighted by molar-refractivity contribution is -0.119. The lowest BCUT2D eigenvalue weighted by Gasteiger charge is -2.17. The van der Waals surface area contributed by atoms with Crippen LogP contribution in [0.15, 0.2) is 12.1 Å². The molecule has 136 valence electrons. The number of nitrogens with zero attached hydrogens (tertiary/aromatic N) is 1. The van der Waals surface area contributed by atoms with Gasteiger partial charge in [0.1, 0.15) is 0 Å². The molecule has 2 aliphatic rings. The van der Waals surface area contributed by atoms with E-state index in [4.69, 9.17) is 26.8 Å². The topological polar surface area (TPSA) is 93.9 Å². The number of halogens is 1. The van der Waals surface area contributed by atoms with E-state index < -0.39 is 5.91 Å². The Balaban J connectivity index is 1.67. The van der Waals surface area contributed by atoms with Gasteiger partial charge >= 0.3 is 0 Å². The summed E-state index contributed by atoms with van der Waals surface area (Å²) in [6, 6.07) is 3.90. The number of hydrogen-bond donors (Lipinski definition) is 2. The first-order valence-corrected chi connectivity index (χ1v) is 8.69. The van der Waals surface area contributed by atoms with E-state index in [2.05, 4.69) is 10.2 Å². The molecule has 1 saturated heterocycles. The van der Waals surface area contributed by atoms with Gasteiger partial charge in [0, 0.05) is 30.7 Å². The van der Waals surface area contributed by atoms with Gasteiger partial charge in [-0.05, 0) is 31.4 Å². The zero-order valence-corrected chi connectivity index (χ0v) is 14.8. The smallest absolute Gasteiger partial charge is 0.255 e. The number of rotatable bonds is 7. The zero-order chi connectivity index (χ0) is 18.0. The van der Waals surface area contributed by atoms with Crippen molar-refractivity contribution in [2.45, 2.75) is 31.3 Å². The fourth-order valence-electron chi connectivity index (χ4n) is 3.08. The minimum absolute atomic E-state index is 0.142. The van der Waals surface area contributed by atoms with Crippen molar-refractivity contribution in [2.24, 2.45) is 5.73 Å². The Bertz CT molecular complexity index is 678. The number of nitrogens with two attached hydrogens (primary N) is 1. The van der Waals surface area contributed by atoms with Gasteiger partial charge in [-0.15, -0.1) is 0 Å². The normalized spacial score (nSPS) is 20.3. The van der Waals surface area contributed by atoms with E-state index in [0.717, 1.165) is 19.5 Å². The van der Waals surface area contributed by atoms with Crippen molar-refractivity contribution >= 4 is 23.4 Å². The van der Waals surface area contributed by atoms with Gasteiger partial charge in [0.25, 0.3) is 11.8 Å². The number of carbonyl (C=O) groups is 2. The van der Waals surface area contributed by atoms with Gasteiger partial charge in [0.2, 0.25) is 0 Å². The average Bonchev–Trinajstić information content (AvgIpc) is 3.32. The number of nitrogens with one attached hydrogen (secondary N) is 1. The minimum atomic E-state index is -0.624. The van der Waals surface area contributed by atoms with Crippen LogP contribution in [0.25, 0.3) is 0 Å². The number of amides is 2. The van der Waals surface area contributed by atoms with Crippen LogP contribution in [-0.2, 0) is 4.79 Å². The molecule has 1 saturated carbocycles. The molecule has 0 bridgehead atoms. The van der Waals surface area contributed by atoms with Crippen molar-refractivity contribution in [1.29, 1.82) is 0 Å². The van der Waals surface area contributed by atoms with Crippen LogP contribution < -0.4 is 20.5 Å². The first-order chi connectivity index (χ1) is 12.0. The molecule has 0 radical (unpaired) electrons. The minimum Gasteiger partial charge on any atom is -0.493 e. The molecule has 1 aromatic rings. The molecule has 1 aliphatic carbocycles. The third-order valence-electron chi connectivity index (χ3n) is 4.47. The quantitative estimate of drug-likeness (QED) is 0.754. The summed E-state index contributed by atoms with van der Waals surface area (Å²) in [5.74, 6) is -0.351. The molecule has 8 heteroatoms. The zero-order valence-electron chi connectivity index (χ0n) is 14.1. The number of likely N-dealkylation sites (tertiary alicyclic amines) is 1. The Kier molecular flexibility index (Phi) is 5.34. The maximum atomic E-state index is 12.5. The molecule has 7 nitrogen and oxygen atoms in total. The molecule has 3 N–H and O–H groups in total. The molecular formula is C17H22ClN3O4. The number of ether oxygens (including phenoxy) is 2. The highest BCUT2D eigenvalue weighted by Crippen LogP contribution is 2.36. The summed E-state index contributed by atoms with van der Waals surface area (Å²) in [6.45, 7) is 1.60. The maximum Gasteiger partial charge on any atom is 0.255 e. The second-order valence-electron chi connectivity index (χ2n) is 6.43. The molecule has 0 spiro atoms. The van der Waals surface area contributed by atoms with Gasteiger partial charge in [-0.2, -0.15) is 0 Å². The molecule has 0 unspecified atom stereocenters. The van der Waals surface area contributed by atoms with Gasteiger partial charge in [0.15, 0.2) is 18.1 Å². The summed E-state index contributed by atoms with van der Waals surface area (Å²) in [7, 11) is 1.44. The highest BCUT2D eigenvalue weighted by Gasteiger charge is 2.35. The highest BCUT2D eigenvalue weighted by atomic mass is 35.5. The highest BCUT2D eigenvalue weighted by molar-refractivity contribution is 6.32. The number of benzene rings is 1. The fourth-order valence-corrected chi connectivity index (χ4v) is 3.34. The van der Waals surface area contributed by atoms with E-state index >= 15 is 0 Å². The van der Waals surface area contributed by atoms with Crippen LogP contribution in [0.4, 0.5) is 0 Å². The monoisotopic (exact) mass is 367 g/mol. The van der Waals surface area contributed by atoms with Gasteiger partial charge < -0.3 is 20.5 Å². The van der Waals surface area contributed by atoms with Gasteiger partial charge in [-0.3, -0.25) is 14.5 Å². The van der Waals surface area contributed by atoms with Crippen molar-refractivity contribution in [3.8, 4) is 11.5 Å². The Morgan fingerprint density at radius 3 is 2.76 bits per heavy atom. The maximum absolute atomic E-state index is 12.5. The summed E-state index contributed by atoms with van der Waals surface area (Å²) < 4.78 is 10.5. The first kappa shape index (κ1) is 17.8. The van der Waals surface area contributed by atoms with E-state index in [-0.39, 0.29) is 35.1 Å². The fraction of sp³-hybridized carbons (Fsp3) is 0.529. The predicted octanol–water partition coefficient (Wildman–Crippen LogP) is 1.18. The van der Waals surface area contributed by atoms with Crippen molar-refractivity contribution in [3.63, 3.8) is 0 Å². The molecule has 2 amide bonds. The van der Waals surface area contributed by atoms with E-state index in [1.165, 1.54) is 26.0 Å². The summed E-state index contributed by atoms with van der Waals surface area (Å²) in [5, 5.41) is 3.24. The summed E-state index contributed by atoms with van der Waals surface area (Å²) in [6.07, 6.45) is 3.48. The Hall–Kier alpha value is -1.99. The first-order valence-electron chi connectivity index (χ1n) is 8.31. The second-order valence-corrected chi connectivity index (χ2v) is 6.84. The largest absolute Gasteiger partial charge is 0.493 e. The molecule has 0 aromatic heterocycles. The van der Waals surface area contributed by atoms with Crippen LogP contribution in [0.2, 0.25) is 5.02 Å². The average molecular weight is 368 g/mol. The molecule has 1 atom stereocenters. The van der Waals surface area contributed by atoms with Crippen LogP contribution in [0.3, 0.4) is 0 Å². The van der Waals surface area contributed by atoms with E-state index in [1.807, 2.05) is 0 Å². The molecule has 3 rings (SSSR count). The number of methoxy groups -OCH3 is 1. The van der Waals surface area contributed by atoms with Crippen molar-refractivity contribution in [2.75, 3.05) is 26.8 Å². The molecular weight excluding hydrogens is 346 g/mol. The van der Waals surface area contributed by atoms with E-state index in [0.29, 0.717) is 11.6 Å².